The third-order valence-corrected chi connectivity index (χ3v) is 8.20. The van der Waals surface area contributed by atoms with Gasteiger partial charge < -0.3 is 9.47 Å². The summed E-state index contributed by atoms with van der Waals surface area (Å²) in [4.78, 5) is 4.55. The van der Waals surface area contributed by atoms with E-state index in [0.717, 1.165) is 11.3 Å². The minimum absolute atomic E-state index is 0.0936. The Balaban J connectivity index is 1.64. The van der Waals surface area contributed by atoms with E-state index >= 15 is 0 Å². The fourth-order valence-corrected chi connectivity index (χ4v) is 6.09. The number of unbranched alkanes of at least 4 members (excludes halogenated alkanes) is 1. The average Bonchev–Trinajstić information content (AvgIpc) is 3.32. The molecule has 0 aliphatic rings. The summed E-state index contributed by atoms with van der Waals surface area (Å²) in [6.45, 7) is 0.444. The number of nitriles is 1. The highest BCUT2D eigenvalue weighted by molar-refractivity contribution is 9.10. The molecule has 0 unspecified atom stereocenters. The lowest BCUT2D eigenvalue weighted by molar-refractivity contribution is 0.310. The van der Waals surface area contributed by atoms with Crippen LogP contribution in [0.2, 0.25) is 0 Å². The van der Waals surface area contributed by atoms with Crippen molar-refractivity contribution >= 4 is 43.5 Å². The maximum Gasteiger partial charge on any atom is 0.263 e. The summed E-state index contributed by atoms with van der Waals surface area (Å²) in [6, 6.07) is 19.6. The number of thioether (sulfide) groups is 1. The van der Waals surface area contributed by atoms with Gasteiger partial charge in [-0.2, -0.15) is 10.4 Å². The predicted octanol–water partition coefficient (Wildman–Crippen LogP) is 6.02. The zero-order chi connectivity index (χ0) is 27.0. The molecular weight excluding hydrogens is 590 g/mol. The molecule has 0 spiro atoms. The van der Waals surface area contributed by atoms with E-state index in [-0.39, 0.29) is 10.7 Å². The smallest absolute Gasteiger partial charge is 0.263 e. The molecule has 2 heterocycles. The quantitative estimate of drug-likeness (QED) is 0.146. The molecule has 0 fully saturated rings. The van der Waals surface area contributed by atoms with Gasteiger partial charge in [-0.3, -0.25) is 14.8 Å². The maximum absolute atomic E-state index is 13.2. The highest BCUT2D eigenvalue weighted by Gasteiger charge is 2.23. The van der Waals surface area contributed by atoms with Gasteiger partial charge in [-0.25, -0.2) is 8.42 Å². The number of anilines is 1. The van der Waals surface area contributed by atoms with Gasteiger partial charge in [-0.05, 0) is 36.8 Å². The Morgan fingerprint density at radius 2 is 2.00 bits per heavy atom. The van der Waals surface area contributed by atoms with Crippen LogP contribution in [-0.4, -0.2) is 37.3 Å². The number of aromatic nitrogens is 3. The molecule has 0 atom stereocenters. The van der Waals surface area contributed by atoms with Crippen LogP contribution in [0.3, 0.4) is 0 Å². The first kappa shape index (κ1) is 27.5. The van der Waals surface area contributed by atoms with Crippen molar-refractivity contribution in [1.29, 1.82) is 5.26 Å². The molecule has 9 nitrogen and oxygen atoms in total. The Hall–Kier alpha value is -3.53. The Kier molecular flexibility index (Phi) is 9.28. The van der Waals surface area contributed by atoms with Crippen LogP contribution in [0.5, 0.6) is 11.5 Å². The van der Waals surface area contributed by atoms with E-state index in [4.69, 9.17) is 14.7 Å². The van der Waals surface area contributed by atoms with Gasteiger partial charge in [0.25, 0.3) is 10.0 Å². The molecule has 196 valence electrons. The Labute approximate surface area is 233 Å². The van der Waals surface area contributed by atoms with Gasteiger partial charge in [0.2, 0.25) is 0 Å². The summed E-state index contributed by atoms with van der Waals surface area (Å²) in [5, 5.41) is 16.6. The van der Waals surface area contributed by atoms with Crippen molar-refractivity contribution < 1.29 is 17.9 Å². The predicted molar refractivity (Wildman–Crippen MR) is 150 cm³/mol. The molecule has 2 N–H and O–H groups in total. The van der Waals surface area contributed by atoms with Crippen LogP contribution in [0.25, 0.3) is 11.3 Å². The van der Waals surface area contributed by atoms with Crippen LogP contribution in [0, 0.1) is 11.3 Å². The molecule has 12 heteroatoms. The number of hydrogen-bond acceptors (Lipinski definition) is 8. The van der Waals surface area contributed by atoms with E-state index in [2.05, 4.69) is 41.9 Å². The van der Waals surface area contributed by atoms with E-state index in [1.165, 1.54) is 23.9 Å². The Bertz CT molecular complexity index is 1550. The van der Waals surface area contributed by atoms with Crippen LogP contribution in [0.15, 0.2) is 81.3 Å². The van der Waals surface area contributed by atoms with Gasteiger partial charge in [0.05, 0.1) is 35.9 Å². The summed E-state index contributed by atoms with van der Waals surface area (Å²) >= 11 is 4.76. The molecule has 0 aliphatic carbocycles. The number of hydrogen-bond donors (Lipinski definition) is 2. The molecule has 0 aliphatic heterocycles. The summed E-state index contributed by atoms with van der Waals surface area (Å²) < 4.78 is 40.8. The fourth-order valence-electron chi connectivity index (χ4n) is 3.48. The van der Waals surface area contributed by atoms with Crippen molar-refractivity contribution in [2.24, 2.45) is 0 Å². The number of ether oxygens (including phenoxy) is 2. The molecule has 0 saturated carbocycles. The molecule has 0 saturated heterocycles. The lowest BCUT2D eigenvalue weighted by Crippen LogP contribution is -2.14. The van der Waals surface area contributed by atoms with Crippen LogP contribution in [0.4, 0.5) is 5.82 Å². The van der Waals surface area contributed by atoms with Gasteiger partial charge >= 0.3 is 0 Å². The van der Waals surface area contributed by atoms with Crippen molar-refractivity contribution in [3.8, 4) is 28.8 Å². The number of H-pyrrole nitrogens is 1. The minimum atomic E-state index is -3.93. The van der Waals surface area contributed by atoms with E-state index < -0.39 is 10.0 Å². The zero-order valence-corrected chi connectivity index (χ0v) is 23.6. The standard InChI is InChI=1S/C26H24BrN5O4S2/c1-35-20-11-13-29-22(16-20)24-25(32-38(33,34)21-9-6-8-19(27)15-21)30-31-26(24)37-17-18-7-2-3-10-23(18)36-14-5-4-12-28/h2-3,6-11,13,15-16H,4-5,14,17H2,1H3,(H2,30,31,32). The number of nitrogens with one attached hydrogen (secondary N) is 2. The van der Waals surface area contributed by atoms with Crippen molar-refractivity contribution in [2.45, 2.75) is 28.5 Å². The number of halogens is 1. The van der Waals surface area contributed by atoms with Crippen molar-refractivity contribution in [3.05, 3.63) is 76.9 Å². The van der Waals surface area contributed by atoms with Crippen LogP contribution < -0.4 is 14.2 Å². The lowest BCUT2D eigenvalue weighted by atomic mass is 10.2. The van der Waals surface area contributed by atoms with Gasteiger partial charge in [0.15, 0.2) is 5.82 Å². The first-order valence-electron chi connectivity index (χ1n) is 11.5. The van der Waals surface area contributed by atoms with Crippen molar-refractivity contribution in [3.63, 3.8) is 0 Å². The average molecular weight is 615 g/mol. The van der Waals surface area contributed by atoms with Crippen LogP contribution in [0.1, 0.15) is 18.4 Å². The molecule has 2 aromatic heterocycles. The first-order chi connectivity index (χ1) is 18.4. The molecule has 4 rings (SSSR count). The molecular formula is C26H24BrN5O4S2. The topological polar surface area (TPSA) is 130 Å². The largest absolute Gasteiger partial charge is 0.497 e. The number of rotatable bonds is 12. The van der Waals surface area contributed by atoms with Gasteiger partial charge in [-0.1, -0.05) is 40.2 Å². The number of aromatic amines is 1. The molecule has 0 radical (unpaired) electrons. The number of methoxy groups -OCH3 is 1. The third-order valence-electron chi connectivity index (χ3n) is 5.33. The second kappa shape index (κ2) is 12.8. The van der Waals surface area contributed by atoms with Gasteiger partial charge in [-0.15, -0.1) is 11.8 Å². The van der Waals surface area contributed by atoms with E-state index in [1.54, 1.807) is 37.6 Å². The minimum Gasteiger partial charge on any atom is -0.497 e. The summed E-state index contributed by atoms with van der Waals surface area (Å²) in [5.74, 6) is 1.94. The molecule has 4 aromatic rings. The number of nitrogens with zero attached hydrogens (tertiary/aromatic N) is 3. The first-order valence-corrected chi connectivity index (χ1v) is 14.7. The maximum atomic E-state index is 13.2. The zero-order valence-electron chi connectivity index (χ0n) is 20.3. The normalized spacial score (nSPS) is 11.1. The molecule has 2 aromatic carbocycles. The number of pyridine rings is 1. The SMILES string of the molecule is COc1ccnc(-c2c(NS(=O)(=O)c3cccc(Br)c3)n[nH]c2SCc2ccccc2OCCCC#N)c1. The summed E-state index contributed by atoms with van der Waals surface area (Å²) in [5.41, 5.74) is 1.94. The van der Waals surface area contributed by atoms with Gasteiger partial charge in [0, 0.05) is 34.5 Å². The second-order valence-electron chi connectivity index (χ2n) is 7.93. The van der Waals surface area contributed by atoms with Crippen LogP contribution in [-0.2, 0) is 15.8 Å². The lowest BCUT2D eigenvalue weighted by Gasteiger charge is -2.12. The number of sulfonamides is 1. The van der Waals surface area contributed by atoms with E-state index in [1.807, 2.05) is 24.3 Å². The van der Waals surface area contributed by atoms with Crippen LogP contribution >= 0.6 is 27.7 Å². The monoisotopic (exact) mass is 613 g/mol. The molecule has 0 amide bonds. The van der Waals surface area contributed by atoms with Crippen molar-refractivity contribution in [1.82, 2.24) is 15.2 Å². The molecule has 0 bridgehead atoms. The third kappa shape index (κ3) is 6.86. The number of para-hydroxylation sites is 1. The molecule has 38 heavy (non-hydrogen) atoms. The highest BCUT2D eigenvalue weighted by atomic mass is 79.9. The van der Waals surface area contributed by atoms with Crippen molar-refractivity contribution in [2.75, 3.05) is 18.4 Å². The number of benzene rings is 2. The summed E-state index contributed by atoms with van der Waals surface area (Å²) in [7, 11) is -2.38. The Morgan fingerprint density at radius 1 is 1.16 bits per heavy atom. The van der Waals surface area contributed by atoms with Gasteiger partial charge in [0.1, 0.15) is 16.5 Å². The highest BCUT2D eigenvalue weighted by Crippen LogP contribution is 2.39. The fraction of sp³-hybridized carbons (Fsp3) is 0.192. The summed E-state index contributed by atoms with van der Waals surface area (Å²) in [6.07, 6.45) is 2.67. The Morgan fingerprint density at radius 3 is 2.79 bits per heavy atom. The van der Waals surface area contributed by atoms with E-state index in [0.29, 0.717) is 51.7 Å². The van der Waals surface area contributed by atoms with E-state index in [9.17, 15) is 8.42 Å². The second-order valence-corrected chi connectivity index (χ2v) is 11.5.